The number of carbonyl (C=O) groups is 1. The summed E-state index contributed by atoms with van der Waals surface area (Å²) < 4.78 is 9.65. The van der Waals surface area contributed by atoms with Gasteiger partial charge in [0.25, 0.3) is 0 Å². The van der Waals surface area contributed by atoms with Crippen LogP contribution in [0, 0.1) is 12.3 Å². The number of carbonyl (C=O) groups excluding carboxylic acids is 1. The Kier molecular flexibility index (Phi) is 2.75. The van der Waals surface area contributed by atoms with Crippen LogP contribution in [0.1, 0.15) is 0 Å². The average molecular weight is 154 g/mol. The molecule has 1 fully saturated rings. The predicted octanol–water partition coefficient (Wildman–Crippen LogP) is -0.241. The molecule has 59 valence electrons. The summed E-state index contributed by atoms with van der Waals surface area (Å²) in [7, 11) is 0. The molecule has 0 spiro atoms. The number of nitrogens with zero attached hydrogens (tertiary/aromatic N) is 1. The van der Waals surface area contributed by atoms with Crippen molar-refractivity contribution in [3.05, 3.63) is 0 Å². The second-order valence-corrected chi connectivity index (χ2v) is 2.07. The molecule has 0 saturated carbocycles. The van der Waals surface area contributed by atoms with Gasteiger partial charge in [0.05, 0.1) is 13.2 Å². The lowest BCUT2D eigenvalue weighted by atomic mass is 10.4. The number of amides is 1. The van der Waals surface area contributed by atoms with E-state index in [0.29, 0.717) is 13.2 Å². The van der Waals surface area contributed by atoms with Crippen LogP contribution in [0.15, 0.2) is 0 Å². The SMILES string of the molecule is C#CCOCC1C[N]C(=O)O1. The monoisotopic (exact) mass is 154 g/mol. The van der Waals surface area contributed by atoms with Crippen molar-refractivity contribution in [3.63, 3.8) is 0 Å². The topological polar surface area (TPSA) is 49.6 Å². The van der Waals surface area contributed by atoms with Crippen LogP contribution in [-0.2, 0) is 9.47 Å². The maximum absolute atomic E-state index is 10.4. The van der Waals surface area contributed by atoms with Crippen molar-refractivity contribution in [1.82, 2.24) is 5.32 Å². The summed E-state index contributed by atoms with van der Waals surface area (Å²) in [5, 5.41) is 3.50. The zero-order valence-electron chi connectivity index (χ0n) is 5.95. The fourth-order valence-corrected chi connectivity index (χ4v) is 0.729. The molecule has 4 nitrogen and oxygen atoms in total. The molecule has 1 radical (unpaired) electrons. The number of ether oxygens (including phenoxy) is 2. The molecule has 0 aromatic heterocycles. The van der Waals surface area contributed by atoms with Gasteiger partial charge < -0.3 is 9.47 Å². The molecule has 0 N–H and O–H groups in total. The van der Waals surface area contributed by atoms with Gasteiger partial charge in [-0.3, -0.25) is 0 Å². The largest absolute Gasteiger partial charge is 0.440 e. The molecule has 1 aliphatic rings. The van der Waals surface area contributed by atoms with Crippen molar-refractivity contribution in [2.45, 2.75) is 6.10 Å². The first-order chi connectivity index (χ1) is 5.33. The van der Waals surface area contributed by atoms with E-state index in [2.05, 4.69) is 11.2 Å². The number of rotatable bonds is 3. The molecule has 0 aromatic rings. The fraction of sp³-hybridized carbons (Fsp3) is 0.571. The molecule has 4 heteroatoms. The van der Waals surface area contributed by atoms with E-state index in [-0.39, 0.29) is 12.7 Å². The highest BCUT2D eigenvalue weighted by molar-refractivity contribution is 5.68. The Balaban J connectivity index is 2.09. The Hall–Kier alpha value is -1.21. The first kappa shape index (κ1) is 7.89. The van der Waals surface area contributed by atoms with Crippen LogP contribution in [0.25, 0.3) is 0 Å². The number of cyclic esters (lactones) is 1. The average Bonchev–Trinajstić information content (AvgIpc) is 2.37. The summed E-state index contributed by atoms with van der Waals surface area (Å²) in [5.74, 6) is 2.31. The van der Waals surface area contributed by atoms with Crippen LogP contribution in [0.5, 0.6) is 0 Å². The van der Waals surface area contributed by atoms with Gasteiger partial charge >= 0.3 is 6.09 Å². The molecule has 1 aliphatic heterocycles. The molecule has 11 heavy (non-hydrogen) atoms. The quantitative estimate of drug-likeness (QED) is 0.416. The Morgan fingerprint density at radius 1 is 1.91 bits per heavy atom. The third kappa shape index (κ3) is 2.48. The molecule has 0 bridgehead atoms. The normalized spacial score (nSPS) is 22.1. The van der Waals surface area contributed by atoms with Crippen molar-refractivity contribution >= 4 is 6.09 Å². The van der Waals surface area contributed by atoms with Crippen molar-refractivity contribution in [1.29, 1.82) is 0 Å². The summed E-state index contributed by atoms with van der Waals surface area (Å²) in [6, 6.07) is 0. The van der Waals surface area contributed by atoms with E-state index in [0.717, 1.165) is 0 Å². The van der Waals surface area contributed by atoms with Crippen LogP contribution in [0.4, 0.5) is 4.79 Å². The standard InChI is InChI=1S/C7H8NO3/c1-2-3-10-5-6-4-8-7(9)11-6/h1,6H,3-5H2. The second kappa shape index (κ2) is 3.84. The first-order valence-electron chi connectivity index (χ1n) is 3.22. The van der Waals surface area contributed by atoms with Gasteiger partial charge in [-0.1, -0.05) is 5.92 Å². The molecule has 1 rings (SSSR count). The minimum atomic E-state index is -0.515. The van der Waals surface area contributed by atoms with Gasteiger partial charge in [-0.15, -0.1) is 6.42 Å². The molecule has 1 atom stereocenters. The van der Waals surface area contributed by atoms with E-state index < -0.39 is 6.09 Å². The van der Waals surface area contributed by atoms with Crippen LogP contribution in [-0.4, -0.2) is 32.0 Å². The van der Waals surface area contributed by atoms with E-state index in [1.165, 1.54) is 0 Å². The fourth-order valence-electron chi connectivity index (χ4n) is 0.729. The van der Waals surface area contributed by atoms with Gasteiger partial charge in [-0.05, 0) is 0 Å². The zero-order chi connectivity index (χ0) is 8.10. The molecular weight excluding hydrogens is 146 g/mol. The highest BCUT2D eigenvalue weighted by Crippen LogP contribution is 2.01. The summed E-state index contributed by atoms with van der Waals surface area (Å²) in [5.41, 5.74) is 0. The number of hydrogen-bond donors (Lipinski definition) is 0. The molecule has 1 heterocycles. The van der Waals surface area contributed by atoms with Gasteiger partial charge in [-0.2, -0.15) is 0 Å². The maximum atomic E-state index is 10.4. The van der Waals surface area contributed by atoms with Crippen LogP contribution >= 0.6 is 0 Å². The van der Waals surface area contributed by atoms with Crippen molar-refractivity contribution in [2.75, 3.05) is 19.8 Å². The molecule has 1 saturated heterocycles. The molecule has 0 aromatic carbocycles. The van der Waals surface area contributed by atoms with Crippen molar-refractivity contribution in [2.24, 2.45) is 0 Å². The third-order valence-corrected chi connectivity index (χ3v) is 1.18. The highest BCUT2D eigenvalue weighted by Gasteiger charge is 2.23. The van der Waals surface area contributed by atoms with Crippen LogP contribution in [0.2, 0.25) is 0 Å². The van der Waals surface area contributed by atoms with Crippen molar-refractivity contribution < 1.29 is 14.3 Å². The van der Waals surface area contributed by atoms with Gasteiger partial charge in [0.1, 0.15) is 12.7 Å². The Morgan fingerprint density at radius 3 is 3.27 bits per heavy atom. The summed E-state index contributed by atoms with van der Waals surface area (Å²) >= 11 is 0. The van der Waals surface area contributed by atoms with Gasteiger partial charge in [-0.25, -0.2) is 10.1 Å². The smallest absolute Gasteiger partial charge is 0.429 e. The zero-order valence-corrected chi connectivity index (χ0v) is 5.95. The molecular formula is C7H8NO3. The predicted molar refractivity (Wildman–Crippen MR) is 36.9 cm³/mol. The van der Waals surface area contributed by atoms with Crippen LogP contribution < -0.4 is 5.32 Å². The van der Waals surface area contributed by atoms with Crippen LogP contribution in [0.3, 0.4) is 0 Å². The van der Waals surface area contributed by atoms with E-state index in [1.807, 2.05) is 0 Å². The van der Waals surface area contributed by atoms with Gasteiger partial charge in [0, 0.05) is 0 Å². The third-order valence-electron chi connectivity index (χ3n) is 1.18. The van der Waals surface area contributed by atoms with E-state index in [9.17, 15) is 4.79 Å². The summed E-state index contributed by atoms with van der Waals surface area (Å²) in [6.45, 7) is 0.955. The lowest BCUT2D eigenvalue weighted by Crippen LogP contribution is -2.18. The number of hydrogen-bond acceptors (Lipinski definition) is 3. The van der Waals surface area contributed by atoms with Gasteiger partial charge in [0.15, 0.2) is 0 Å². The second-order valence-electron chi connectivity index (χ2n) is 2.07. The molecule has 1 amide bonds. The highest BCUT2D eigenvalue weighted by atomic mass is 16.6. The van der Waals surface area contributed by atoms with E-state index in [4.69, 9.17) is 15.9 Å². The van der Waals surface area contributed by atoms with E-state index >= 15 is 0 Å². The minimum absolute atomic E-state index is 0.240. The summed E-state index contributed by atoms with van der Waals surface area (Å²) in [6.07, 6.45) is 4.18. The van der Waals surface area contributed by atoms with E-state index in [1.54, 1.807) is 0 Å². The Labute approximate surface area is 64.9 Å². The lowest BCUT2D eigenvalue weighted by molar-refractivity contribution is 0.0598. The minimum Gasteiger partial charge on any atom is -0.440 e. The molecule has 1 unspecified atom stereocenters. The first-order valence-corrected chi connectivity index (χ1v) is 3.22. The Morgan fingerprint density at radius 2 is 2.73 bits per heavy atom. The molecule has 0 aliphatic carbocycles. The van der Waals surface area contributed by atoms with Crippen molar-refractivity contribution in [3.8, 4) is 12.3 Å². The lowest BCUT2D eigenvalue weighted by Gasteiger charge is -2.04. The summed E-state index contributed by atoms with van der Waals surface area (Å²) in [4.78, 5) is 10.4. The Bertz CT molecular complexity index is 185. The van der Waals surface area contributed by atoms with Gasteiger partial charge in [0.2, 0.25) is 0 Å². The number of terminal acetylenes is 1. The maximum Gasteiger partial charge on any atom is 0.429 e.